The van der Waals surface area contributed by atoms with Crippen LogP contribution in [0.2, 0.25) is 0 Å². The van der Waals surface area contributed by atoms with Crippen molar-refractivity contribution in [3.05, 3.63) is 102 Å². The van der Waals surface area contributed by atoms with E-state index in [1.54, 1.807) is 26.8 Å². The number of rotatable bonds is 16. The second kappa shape index (κ2) is 16.7. The van der Waals surface area contributed by atoms with Gasteiger partial charge in [0.2, 0.25) is 0 Å². The Labute approximate surface area is 300 Å². The molecule has 0 saturated carbocycles. The molecule has 8 nitrogen and oxygen atoms in total. The zero-order valence-corrected chi connectivity index (χ0v) is 29.9. The quantitative estimate of drug-likeness (QED) is 0.131. The molecule has 0 aliphatic carbocycles. The second-order valence-corrected chi connectivity index (χ2v) is 14.2. The van der Waals surface area contributed by atoms with Gasteiger partial charge in [-0.1, -0.05) is 85.8 Å². The summed E-state index contributed by atoms with van der Waals surface area (Å²) in [5.74, 6) is -3.73. The normalized spacial score (nSPS) is 26.5. The van der Waals surface area contributed by atoms with Gasteiger partial charge in [0.25, 0.3) is 0 Å². The van der Waals surface area contributed by atoms with Crippen molar-refractivity contribution < 1.29 is 38.1 Å². The van der Waals surface area contributed by atoms with Crippen molar-refractivity contribution in [2.75, 3.05) is 32.8 Å². The summed E-state index contributed by atoms with van der Waals surface area (Å²) in [4.78, 5) is 29.1. The first-order chi connectivity index (χ1) is 24.5. The van der Waals surface area contributed by atoms with Gasteiger partial charge in [-0.05, 0) is 88.2 Å². The van der Waals surface area contributed by atoms with E-state index in [2.05, 4.69) is 70.9 Å². The molecule has 51 heavy (non-hydrogen) atoms. The molecule has 0 aromatic heterocycles. The van der Waals surface area contributed by atoms with Crippen molar-refractivity contribution >= 4 is 11.9 Å². The van der Waals surface area contributed by atoms with Gasteiger partial charge >= 0.3 is 18.6 Å². The molecule has 0 amide bonds. The zero-order chi connectivity index (χ0) is 36.6. The average Bonchev–Trinajstić information content (AvgIpc) is 3.12. The van der Waals surface area contributed by atoms with E-state index in [0.717, 1.165) is 38.9 Å². The lowest BCUT2D eigenvalue weighted by atomic mass is 9.49. The molecular weight excluding hydrogens is 654 g/mol. The number of carboxylic acid groups (broad SMARTS) is 2. The summed E-state index contributed by atoms with van der Waals surface area (Å²) in [6.07, 6.45) is 3.37. The third-order valence-electron chi connectivity index (χ3n) is 11.9. The Morgan fingerprint density at radius 3 is 1.90 bits per heavy atom. The van der Waals surface area contributed by atoms with Crippen LogP contribution in [0.15, 0.2) is 84.9 Å². The predicted molar refractivity (Wildman–Crippen MR) is 192 cm³/mol. The molecule has 5 rings (SSSR count). The molecule has 4 unspecified atom stereocenters. The third-order valence-corrected chi connectivity index (χ3v) is 11.9. The molecule has 3 aromatic rings. The van der Waals surface area contributed by atoms with Gasteiger partial charge in [0.1, 0.15) is 5.75 Å². The minimum atomic E-state index is -3.16. The van der Waals surface area contributed by atoms with Crippen LogP contribution in [0.3, 0.4) is 0 Å². The number of aliphatic carboxylic acids is 2. The van der Waals surface area contributed by atoms with Crippen LogP contribution in [0.4, 0.5) is 8.78 Å². The number of nitrogens with one attached hydrogen (secondary N) is 1. The summed E-state index contributed by atoms with van der Waals surface area (Å²) in [5, 5.41) is 25.0. The summed E-state index contributed by atoms with van der Waals surface area (Å²) in [6.45, 7) is 5.62. The van der Waals surface area contributed by atoms with Crippen LogP contribution in [0.25, 0.3) is 0 Å². The van der Waals surface area contributed by atoms with Crippen molar-refractivity contribution in [3.63, 3.8) is 0 Å². The van der Waals surface area contributed by atoms with Crippen LogP contribution >= 0.6 is 0 Å². The Kier molecular flexibility index (Phi) is 12.5. The zero-order valence-electron chi connectivity index (χ0n) is 29.9. The molecule has 2 fully saturated rings. The highest BCUT2D eigenvalue weighted by molar-refractivity contribution is 5.84. The molecule has 3 N–H and O–H groups in total. The molecule has 0 spiro atoms. The average molecular weight is 707 g/mol. The van der Waals surface area contributed by atoms with E-state index in [0.29, 0.717) is 13.0 Å². The van der Waals surface area contributed by atoms with Gasteiger partial charge in [-0.25, -0.2) is 0 Å². The highest BCUT2D eigenvalue weighted by atomic mass is 19.3. The van der Waals surface area contributed by atoms with Crippen LogP contribution < -0.4 is 10.1 Å². The number of hydrogen-bond donors (Lipinski definition) is 3. The number of piperidine rings is 2. The fourth-order valence-corrected chi connectivity index (χ4v) is 9.23. The van der Waals surface area contributed by atoms with E-state index < -0.39 is 47.4 Å². The summed E-state index contributed by atoms with van der Waals surface area (Å²) >= 11 is 0. The van der Waals surface area contributed by atoms with Crippen LogP contribution in [-0.2, 0) is 19.7 Å². The highest BCUT2D eigenvalue weighted by Gasteiger charge is 2.66. The monoisotopic (exact) mass is 706 g/mol. The molecule has 10 heteroatoms. The van der Waals surface area contributed by atoms with E-state index in [9.17, 15) is 28.6 Å². The Bertz CT molecular complexity index is 1540. The maximum atomic E-state index is 13.6. The molecule has 276 valence electrons. The first-order valence-electron chi connectivity index (χ1n) is 18.2. The van der Waals surface area contributed by atoms with Gasteiger partial charge in [-0.2, -0.15) is 8.78 Å². The van der Waals surface area contributed by atoms with Crippen LogP contribution in [0.1, 0.15) is 81.9 Å². The molecule has 2 aliphatic heterocycles. The minimum Gasteiger partial charge on any atom is -0.481 e. The summed E-state index contributed by atoms with van der Waals surface area (Å²) in [7, 11) is 0. The van der Waals surface area contributed by atoms with Gasteiger partial charge in [0.05, 0.1) is 10.8 Å². The smallest absolute Gasteiger partial charge is 0.387 e. The fraction of sp³-hybridized carbons (Fsp3) is 0.512. The Morgan fingerprint density at radius 2 is 1.35 bits per heavy atom. The minimum absolute atomic E-state index is 0.0154. The molecule has 5 atom stereocenters. The highest BCUT2D eigenvalue weighted by Crippen LogP contribution is 2.60. The number of hydrogen-bond acceptors (Lipinski definition) is 6. The molecule has 2 aliphatic rings. The first kappa shape index (κ1) is 38.4. The van der Waals surface area contributed by atoms with Crippen LogP contribution in [-0.4, -0.2) is 78.6 Å². The standard InChI is InChI=1S/C41H52F2N2O6/c1-4-40(36(46)47)29(2)44-30(3)41(37(48)49,35(40)33-19-11-12-20-34(33)51-38(42)43)21-13-27-50-28-14-24-45-25-22-39(23-26-45,31-15-7-5-8-16-31)32-17-9-6-10-18-32/h5-12,15-20,29-30,35,38,44H,4,13-14,21-28H2,1-3H3,(H,46,47)(H,48,49)/t29-,30?,35?,40?,41?/m1/s1. The number of carbonyl (C=O) groups is 2. The van der Waals surface area contributed by atoms with Crippen molar-refractivity contribution in [2.24, 2.45) is 10.8 Å². The lowest BCUT2D eigenvalue weighted by Crippen LogP contribution is -2.69. The number of ether oxygens (including phenoxy) is 2. The summed E-state index contributed by atoms with van der Waals surface area (Å²) < 4.78 is 38.0. The van der Waals surface area contributed by atoms with Crippen LogP contribution in [0.5, 0.6) is 5.75 Å². The van der Waals surface area contributed by atoms with Gasteiger partial charge in [0.15, 0.2) is 0 Å². The largest absolute Gasteiger partial charge is 0.481 e. The van der Waals surface area contributed by atoms with Crippen molar-refractivity contribution in [2.45, 2.75) is 89.3 Å². The SMILES string of the molecule is CCC1(C(=O)O)C(c2ccccc2OC(F)F)C(CCCOCCCN2CCC(c3ccccc3)(c3ccccc3)CC2)(C(=O)O)C(C)N[C@@H]1C. The lowest BCUT2D eigenvalue weighted by molar-refractivity contribution is -0.174. The Hall–Kier alpha value is -3.86. The van der Waals surface area contributed by atoms with Crippen molar-refractivity contribution in [1.29, 1.82) is 0 Å². The third kappa shape index (κ3) is 7.55. The maximum absolute atomic E-state index is 13.6. The predicted octanol–water partition coefficient (Wildman–Crippen LogP) is 7.57. The van der Waals surface area contributed by atoms with Crippen LogP contribution in [0, 0.1) is 10.8 Å². The van der Waals surface area contributed by atoms with Crippen molar-refractivity contribution in [1.82, 2.24) is 10.2 Å². The molecule has 0 bridgehead atoms. The summed E-state index contributed by atoms with van der Waals surface area (Å²) in [5.41, 5.74) is -0.414. The second-order valence-electron chi connectivity index (χ2n) is 14.2. The number of nitrogens with zero attached hydrogens (tertiary/aromatic N) is 1. The van der Waals surface area contributed by atoms with Gasteiger partial charge in [-0.15, -0.1) is 0 Å². The van der Waals surface area contributed by atoms with E-state index in [-0.39, 0.29) is 36.2 Å². The maximum Gasteiger partial charge on any atom is 0.387 e. The summed E-state index contributed by atoms with van der Waals surface area (Å²) in [6, 6.07) is 26.2. The molecular formula is C41H52F2N2O6. The fourth-order valence-electron chi connectivity index (χ4n) is 9.23. The molecule has 2 saturated heterocycles. The molecule has 3 aromatic carbocycles. The number of halogens is 2. The van der Waals surface area contributed by atoms with Gasteiger partial charge in [0, 0.05) is 43.2 Å². The number of para-hydroxylation sites is 1. The van der Waals surface area contributed by atoms with Gasteiger partial charge in [-0.3, -0.25) is 9.59 Å². The number of carboxylic acids is 2. The number of likely N-dealkylation sites (tertiary alicyclic amines) is 1. The van der Waals surface area contributed by atoms with E-state index in [4.69, 9.17) is 9.47 Å². The molecule has 0 radical (unpaired) electrons. The van der Waals surface area contributed by atoms with E-state index in [1.165, 1.54) is 29.3 Å². The Morgan fingerprint density at radius 1 is 0.824 bits per heavy atom. The first-order valence-corrected chi connectivity index (χ1v) is 18.2. The van der Waals surface area contributed by atoms with E-state index in [1.807, 2.05) is 0 Å². The molecule has 2 heterocycles. The van der Waals surface area contributed by atoms with E-state index >= 15 is 0 Å². The Balaban J connectivity index is 1.23. The van der Waals surface area contributed by atoms with Gasteiger partial charge < -0.3 is 29.9 Å². The topological polar surface area (TPSA) is 108 Å². The number of benzene rings is 3. The number of alkyl halides is 2. The van der Waals surface area contributed by atoms with Crippen molar-refractivity contribution in [3.8, 4) is 5.75 Å². The lowest BCUT2D eigenvalue weighted by Gasteiger charge is -2.57.